The number of anilines is 1. The molecule has 1 aromatic carbocycles. The molecule has 0 bridgehead atoms. The molecule has 0 unspecified atom stereocenters. The summed E-state index contributed by atoms with van der Waals surface area (Å²) in [5.74, 6) is 0. The van der Waals surface area contributed by atoms with Crippen LogP contribution in [0.4, 0.5) is 5.69 Å². The molecule has 1 atom stereocenters. The van der Waals surface area contributed by atoms with Crippen molar-refractivity contribution < 1.29 is 0 Å². The van der Waals surface area contributed by atoms with E-state index in [9.17, 15) is 0 Å². The lowest BCUT2D eigenvalue weighted by Crippen LogP contribution is -2.18. The zero-order chi connectivity index (χ0) is 11.4. The van der Waals surface area contributed by atoms with Gasteiger partial charge in [-0.25, -0.2) is 0 Å². The highest BCUT2D eigenvalue weighted by Crippen LogP contribution is 2.22. The Morgan fingerprint density at radius 3 is 2.31 bits per heavy atom. The molecule has 0 saturated carbocycles. The third-order valence-corrected chi connectivity index (χ3v) is 3.27. The van der Waals surface area contributed by atoms with Crippen LogP contribution in [0.1, 0.15) is 30.9 Å². The molecule has 16 heavy (non-hydrogen) atoms. The number of hydrogen-bond donors (Lipinski definition) is 2. The fourth-order valence-electron chi connectivity index (χ4n) is 2.25. The van der Waals surface area contributed by atoms with E-state index >= 15 is 0 Å². The van der Waals surface area contributed by atoms with Crippen LogP contribution in [0.2, 0.25) is 0 Å². The highest BCUT2D eigenvalue weighted by molar-refractivity contribution is 5.48. The van der Waals surface area contributed by atoms with E-state index in [1.165, 1.54) is 37.2 Å². The molecule has 4 N–H and O–H groups in total. The Morgan fingerprint density at radius 1 is 1.12 bits per heavy atom. The van der Waals surface area contributed by atoms with Crippen molar-refractivity contribution in [2.45, 2.75) is 25.3 Å². The number of benzene rings is 1. The van der Waals surface area contributed by atoms with Crippen LogP contribution in [0, 0.1) is 0 Å². The quantitative estimate of drug-likeness (QED) is 0.809. The van der Waals surface area contributed by atoms with Crippen LogP contribution in [-0.4, -0.2) is 19.6 Å². The molecular weight excluding hydrogens is 198 g/mol. The van der Waals surface area contributed by atoms with Crippen molar-refractivity contribution in [3.8, 4) is 0 Å². The molecule has 1 saturated heterocycles. The van der Waals surface area contributed by atoms with Crippen molar-refractivity contribution in [2.24, 2.45) is 11.5 Å². The van der Waals surface area contributed by atoms with Gasteiger partial charge in [0.15, 0.2) is 0 Å². The van der Waals surface area contributed by atoms with E-state index in [1.807, 2.05) is 0 Å². The standard InChI is InChI=1S/C13H21N3/c14-8-7-13(15)11-3-5-12(6-4-11)16-9-1-2-10-16/h3-6,13H,1-2,7-10,14-15H2/t13-/m1/s1. The second kappa shape index (κ2) is 5.32. The van der Waals surface area contributed by atoms with Crippen LogP contribution in [-0.2, 0) is 0 Å². The largest absolute Gasteiger partial charge is 0.372 e. The Kier molecular flexibility index (Phi) is 3.80. The molecule has 1 aliphatic rings. The van der Waals surface area contributed by atoms with Gasteiger partial charge in [-0.3, -0.25) is 0 Å². The van der Waals surface area contributed by atoms with Crippen molar-refractivity contribution in [1.82, 2.24) is 0 Å². The van der Waals surface area contributed by atoms with Gasteiger partial charge >= 0.3 is 0 Å². The van der Waals surface area contributed by atoms with Crippen LogP contribution in [0.3, 0.4) is 0 Å². The highest BCUT2D eigenvalue weighted by Gasteiger charge is 2.12. The molecular formula is C13H21N3. The molecule has 1 aliphatic heterocycles. The smallest absolute Gasteiger partial charge is 0.0366 e. The topological polar surface area (TPSA) is 55.3 Å². The predicted molar refractivity (Wildman–Crippen MR) is 68.5 cm³/mol. The van der Waals surface area contributed by atoms with Gasteiger partial charge in [-0.2, -0.15) is 0 Å². The zero-order valence-electron chi connectivity index (χ0n) is 9.73. The monoisotopic (exact) mass is 219 g/mol. The molecule has 1 aromatic rings. The number of hydrogen-bond acceptors (Lipinski definition) is 3. The molecule has 1 heterocycles. The van der Waals surface area contributed by atoms with Gasteiger partial charge < -0.3 is 16.4 Å². The third-order valence-electron chi connectivity index (χ3n) is 3.27. The molecule has 0 spiro atoms. The van der Waals surface area contributed by atoms with E-state index in [1.54, 1.807) is 0 Å². The lowest BCUT2D eigenvalue weighted by Gasteiger charge is -2.18. The average Bonchev–Trinajstić information content (AvgIpc) is 2.83. The van der Waals surface area contributed by atoms with E-state index in [4.69, 9.17) is 11.5 Å². The van der Waals surface area contributed by atoms with Crippen LogP contribution < -0.4 is 16.4 Å². The number of nitrogens with two attached hydrogens (primary N) is 2. The van der Waals surface area contributed by atoms with Gasteiger partial charge in [-0.1, -0.05) is 12.1 Å². The summed E-state index contributed by atoms with van der Waals surface area (Å²) < 4.78 is 0. The van der Waals surface area contributed by atoms with Crippen LogP contribution in [0.5, 0.6) is 0 Å². The Morgan fingerprint density at radius 2 is 1.75 bits per heavy atom. The second-order valence-corrected chi connectivity index (χ2v) is 4.47. The number of rotatable bonds is 4. The molecule has 88 valence electrons. The number of nitrogens with zero attached hydrogens (tertiary/aromatic N) is 1. The molecule has 0 aromatic heterocycles. The first-order valence-corrected chi connectivity index (χ1v) is 6.12. The van der Waals surface area contributed by atoms with Gasteiger partial charge in [0.1, 0.15) is 0 Å². The Balaban J connectivity index is 2.03. The average molecular weight is 219 g/mol. The molecule has 0 amide bonds. The molecule has 1 fully saturated rings. The van der Waals surface area contributed by atoms with E-state index in [-0.39, 0.29) is 6.04 Å². The fraction of sp³-hybridized carbons (Fsp3) is 0.538. The molecule has 3 nitrogen and oxygen atoms in total. The maximum atomic E-state index is 6.02. The summed E-state index contributed by atoms with van der Waals surface area (Å²) >= 11 is 0. The van der Waals surface area contributed by atoms with Crippen LogP contribution >= 0.6 is 0 Å². The van der Waals surface area contributed by atoms with E-state index in [0.29, 0.717) is 6.54 Å². The fourth-order valence-corrected chi connectivity index (χ4v) is 2.25. The van der Waals surface area contributed by atoms with Crippen LogP contribution in [0.15, 0.2) is 24.3 Å². The SMILES string of the molecule is NCC[C@@H](N)c1ccc(N2CCCC2)cc1. The van der Waals surface area contributed by atoms with Crippen molar-refractivity contribution >= 4 is 5.69 Å². The van der Waals surface area contributed by atoms with Gasteiger partial charge in [0, 0.05) is 24.8 Å². The second-order valence-electron chi connectivity index (χ2n) is 4.47. The van der Waals surface area contributed by atoms with Crippen molar-refractivity contribution in [1.29, 1.82) is 0 Å². The molecule has 3 heteroatoms. The summed E-state index contributed by atoms with van der Waals surface area (Å²) in [7, 11) is 0. The third kappa shape index (κ3) is 2.54. The van der Waals surface area contributed by atoms with Crippen molar-refractivity contribution in [2.75, 3.05) is 24.5 Å². The predicted octanol–water partition coefficient (Wildman–Crippen LogP) is 1.64. The molecule has 0 radical (unpaired) electrons. The lowest BCUT2D eigenvalue weighted by molar-refractivity contribution is 0.661. The summed E-state index contributed by atoms with van der Waals surface area (Å²) in [6, 6.07) is 8.70. The van der Waals surface area contributed by atoms with Crippen molar-refractivity contribution in [3.05, 3.63) is 29.8 Å². The van der Waals surface area contributed by atoms with Gasteiger partial charge in [0.2, 0.25) is 0 Å². The normalized spacial score (nSPS) is 17.8. The van der Waals surface area contributed by atoms with E-state index < -0.39 is 0 Å². The Labute approximate surface area is 97.4 Å². The summed E-state index contributed by atoms with van der Waals surface area (Å²) in [6.07, 6.45) is 3.48. The lowest BCUT2D eigenvalue weighted by atomic mass is 10.0. The summed E-state index contributed by atoms with van der Waals surface area (Å²) in [4.78, 5) is 2.43. The summed E-state index contributed by atoms with van der Waals surface area (Å²) in [5.41, 5.74) is 14.0. The van der Waals surface area contributed by atoms with Gasteiger partial charge in [0.05, 0.1) is 0 Å². The first-order chi connectivity index (χ1) is 7.81. The Hall–Kier alpha value is -1.06. The maximum absolute atomic E-state index is 6.02. The first kappa shape index (κ1) is 11.4. The van der Waals surface area contributed by atoms with Gasteiger partial charge in [-0.05, 0) is 43.5 Å². The minimum atomic E-state index is 0.0811. The Bertz CT molecular complexity index is 314. The van der Waals surface area contributed by atoms with Gasteiger partial charge in [-0.15, -0.1) is 0 Å². The minimum Gasteiger partial charge on any atom is -0.372 e. The van der Waals surface area contributed by atoms with Crippen LogP contribution in [0.25, 0.3) is 0 Å². The summed E-state index contributed by atoms with van der Waals surface area (Å²) in [6.45, 7) is 3.03. The van der Waals surface area contributed by atoms with E-state index in [0.717, 1.165) is 6.42 Å². The van der Waals surface area contributed by atoms with Gasteiger partial charge in [0.25, 0.3) is 0 Å². The highest BCUT2D eigenvalue weighted by atomic mass is 15.1. The zero-order valence-corrected chi connectivity index (χ0v) is 9.73. The molecule has 0 aliphatic carbocycles. The minimum absolute atomic E-state index is 0.0811. The van der Waals surface area contributed by atoms with E-state index in [2.05, 4.69) is 29.2 Å². The maximum Gasteiger partial charge on any atom is 0.0366 e. The summed E-state index contributed by atoms with van der Waals surface area (Å²) in [5, 5.41) is 0. The first-order valence-electron chi connectivity index (χ1n) is 6.12. The van der Waals surface area contributed by atoms with Crippen molar-refractivity contribution in [3.63, 3.8) is 0 Å². The molecule has 2 rings (SSSR count).